The molecule has 2 aromatic rings. The molecule has 1 amide bonds. The highest BCUT2D eigenvalue weighted by Crippen LogP contribution is 2.23. The van der Waals surface area contributed by atoms with Gasteiger partial charge >= 0.3 is 6.09 Å². The number of aromatic nitrogens is 2. The van der Waals surface area contributed by atoms with Gasteiger partial charge in [-0.15, -0.1) is 0 Å². The first-order valence-corrected chi connectivity index (χ1v) is 8.02. The minimum Gasteiger partial charge on any atom is -0.444 e. The van der Waals surface area contributed by atoms with Crippen molar-refractivity contribution in [3.8, 4) is 0 Å². The summed E-state index contributed by atoms with van der Waals surface area (Å²) in [5.74, 6) is 0.277. The zero-order chi connectivity index (χ0) is 18.1. The summed E-state index contributed by atoms with van der Waals surface area (Å²) >= 11 is 6.15. The summed E-state index contributed by atoms with van der Waals surface area (Å²) in [5, 5.41) is 6.05. The van der Waals surface area contributed by atoms with Crippen LogP contribution in [0, 0.1) is 6.92 Å². The maximum atomic E-state index is 12.2. The summed E-state index contributed by atoms with van der Waals surface area (Å²) in [6, 6.07) is 6.71. The minimum atomic E-state index is -0.623. The van der Waals surface area contributed by atoms with Gasteiger partial charge in [-0.3, -0.25) is 15.2 Å². The predicted octanol–water partition coefficient (Wildman–Crippen LogP) is 4.09. The predicted molar refractivity (Wildman–Crippen MR) is 94.9 cm³/mol. The third-order valence-electron chi connectivity index (χ3n) is 3.45. The number of hydrogen-bond acceptors (Lipinski definition) is 3. The molecule has 0 saturated heterocycles. The first-order chi connectivity index (χ1) is 11.1. The van der Waals surface area contributed by atoms with Crippen molar-refractivity contribution in [3.05, 3.63) is 50.8 Å². The Balaban J connectivity index is 2.20. The molecule has 1 unspecified atom stereocenters. The maximum Gasteiger partial charge on any atom is 0.413 e. The standard InChI is InChI=1S/C17H22ClN3O3/c1-10-6-7-12(8-13(10)18)11(2)21-15(22)9-14(20-21)19-16(23)24-17(3,4)5/h6-9,11,20H,1-5H3,(H,19,23). The lowest BCUT2D eigenvalue weighted by molar-refractivity contribution is 0.0635. The fourth-order valence-corrected chi connectivity index (χ4v) is 2.38. The van der Waals surface area contributed by atoms with Gasteiger partial charge < -0.3 is 4.74 Å². The summed E-state index contributed by atoms with van der Waals surface area (Å²) in [4.78, 5) is 24.0. The first kappa shape index (κ1) is 18.1. The lowest BCUT2D eigenvalue weighted by Crippen LogP contribution is -2.27. The van der Waals surface area contributed by atoms with Crippen molar-refractivity contribution in [1.82, 2.24) is 9.78 Å². The molecule has 2 rings (SSSR count). The third kappa shape index (κ3) is 4.41. The molecule has 1 heterocycles. The van der Waals surface area contributed by atoms with E-state index in [1.165, 1.54) is 10.7 Å². The number of anilines is 1. The second kappa shape index (κ2) is 6.73. The third-order valence-corrected chi connectivity index (χ3v) is 3.85. The van der Waals surface area contributed by atoms with Gasteiger partial charge in [-0.05, 0) is 51.8 Å². The van der Waals surface area contributed by atoms with Gasteiger partial charge in [-0.25, -0.2) is 9.48 Å². The number of rotatable bonds is 3. The van der Waals surface area contributed by atoms with Crippen LogP contribution in [0.3, 0.4) is 0 Å². The molecule has 2 N–H and O–H groups in total. The van der Waals surface area contributed by atoms with Crippen LogP contribution in [0.2, 0.25) is 5.02 Å². The lowest BCUT2D eigenvalue weighted by Gasteiger charge is -2.19. The number of aromatic amines is 1. The molecule has 0 aliphatic carbocycles. The summed E-state index contributed by atoms with van der Waals surface area (Å²) in [6.45, 7) is 9.09. The Kier molecular flexibility index (Phi) is 5.08. The van der Waals surface area contributed by atoms with Crippen LogP contribution in [0.4, 0.5) is 10.6 Å². The van der Waals surface area contributed by atoms with Crippen molar-refractivity contribution in [2.75, 3.05) is 5.32 Å². The number of nitrogens with zero attached hydrogens (tertiary/aromatic N) is 1. The molecule has 7 heteroatoms. The highest BCUT2D eigenvalue weighted by Gasteiger charge is 2.18. The molecule has 0 saturated carbocycles. The van der Waals surface area contributed by atoms with Crippen LogP contribution in [0.25, 0.3) is 0 Å². The summed E-state index contributed by atoms with van der Waals surface area (Å²) in [6.07, 6.45) is -0.623. The largest absolute Gasteiger partial charge is 0.444 e. The average molecular weight is 352 g/mol. The molecule has 0 bridgehead atoms. The second-order valence-corrected chi connectivity index (χ2v) is 7.10. The highest BCUT2D eigenvalue weighted by atomic mass is 35.5. The van der Waals surface area contributed by atoms with Crippen molar-refractivity contribution in [2.24, 2.45) is 0 Å². The second-order valence-electron chi connectivity index (χ2n) is 6.69. The number of carbonyl (C=O) groups excluding carboxylic acids is 1. The number of amides is 1. The Morgan fingerprint density at radius 3 is 2.58 bits per heavy atom. The highest BCUT2D eigenvalue weighted by molar-refractivity contribution is 6.31. The van der Waals surface area contributed by atoms with Gasteiger partial charge in [0.05, 0.1) is 6.04 Å². The van der Waals surface area contributed by atoms with E-state index < -0.39 is 11.7 Å². The molecule has 1 aromatic heterocycles. The smallest absolute Gasteiger partial charge is 0.413 e. The Bertz CT molecular complexity index is 802. The van der Waals surface area contributed by atoms with Crippen LogP contribution in [-0.4, -0.2) is 21.5 Å². The molecule has 130 valence electrons. The molecular weight excluding hydrogens is 330 g/mol. The molecular formula is C17H22ClN3O3. The van der Waals surface area contributed by atoms with Crippen LogP contribution >= 0.6 is 11.6 Å². The van der Waals surface area contributed by atoms with Crippen molar-refractivity contribution >= 4 is 23.5 Å². The van der Waals surface area contributed by atoms with Crippen molar-refractivity contribution in [2.45, 2.75) is 46.3 Å². The number of halogens is 1. The van der Waals surface area contributed by atoms with E-state index in [4.69, 9.17) is 16.3 Å². The number of carbonyl (C=O) groups is 1. The number of hydrogen-bond donors (Lipinski definition) is 2. The fourth-order valence-electron chi connectivity index (χ4n) is 2.19. The molecule has 1 aromatic carbocycles. The maximum absolute atomic E-state index is 12.2. The van der Waals surface area contributed by atoms with E-state index in [1.807, 2.05) is 32.0 Å². The van der Waals surface area contributed by atoms with Crippen LogP contribution < -0.4 is 10.9 Å². The number of benzene rings is 1. The molecule has 0 aliphatic rings. The number of H-pyrrole nitrogens is 1. The fraction of sp³-hybridized carbons (Fsp3) is 0.412. The van der Waals surface area contributed by atoms with Gasteiger partial charge in [0.15, 0.2) is 0 Å². The molecule has 6 nitrogen and oxygen atoms in total. The Hall–Kier alpha value is -2.21. The normalized spacial score (nSPS) is 12.8. The van der Waals surface area contributed by atoms with Gasteiger partial charge in [0, 0.05) is 11.1 Å². The molecule has 0 radical (unpaired) electrons. The first-order valence-electron chi connectivity index (χ1n) is 7.64. The zero-order valence-corrected chi connectivity index (χ0v) is 15.2. The molecule has 24 heavy (non-hydrogen) atoms. The monoisotopic (exact) mass is 351 g/mol. The van der Waals surface area contributed by atoms with Crippen molar-refractivity contribution < 1.29 is 9.53 Å². The average Bonchev–Trinajstić information content (AvgIpc) is 2.79. The van der Waals surface area contributed by atoms with Gasteiger partial charge in [0.2, 0.25) is 0 Å². The van der Waals surface area contributed by atoms with Crippen molar-refractivity contribution in [1.29, 1.82) is 0 Å². The minimum absolute atomic E-state index is 0.259. The van der Waals surface area contributed by atoms with Gasteiger partial charge in [-0.2, -0.15) is 0 Å². The van der Waals surface area contributed by atoms with Crippen LogP contribution in [0.1, 0.15) is 44.9 Å². The van der Waals surface area contributed by atoms with Crippen LogP contribution in [0.5, 0.6) is 0 Å². The SMILES string of the molecule is Cc1ccc(C(C)n2[nH]c(NC(=O)OC(C)(C)C)cc2=O)cc1Cl. The molecule has 0 spiro atoms. The topological polar surface area (TPSA) is 76.1 Å². The number of ether oxygens (including phenoxy) is 1. The number of nitrogens with one attached hydrogen (secondary N) is 2. The Labute approximate surface area is 145 Å². The van der Waals surface area contributed by atoms with E-state index in [-0.39, 0.29) is 17.4 Å². The van der Waals surface area contributed by atoms with E-state index >= 15 is 0 Å². The summed E-state index contributed by atoms with van der Waals surface area (Å²) in [7, 11) is 0. The summed E-state index contributed by atoms with van der Waals surface area (Å²) in [5.41, 5.74) is 0.987. The lowest BCUT2D eigenvalue weighted by atomic mass is 10.1. The molecule has 0 aliphatic heterocycles. The number of aryl methyl sites for hydroxylation is 1. The van der Waals surface area contributed by atoms with Crippen molar-refractivity contribution in [3.63, 3.8) is 0 Å². The van der Waals surface area contributed by atoms with E-state index in [0.29, 0.717) is 5.02 Å². The Morgan fingerprint density at radius 2 is 2.00 bits per heavy atom. The van der Waals surface area contributed by atoms with E-state index in [2.05, 4.69) is 10.4 Å². The van der Waals surface area contributed by atoms with Gasteiger partial charge in [0.1, 0.15) is 11.4 Å². The summed E-state index contributed by atoms with van der Waals surface area (Å²) < 4.78 is 6.59. The van der Waals surface area contributed by atoms with E-state index in [9.17, 15) is 9.59 Å². The van der Waals surface area contributed by atoms with Crippen LogP contribution in [0.15, 0.2) is 29.1 Å². The van der Waals surface area contributed by atoms with Gasteiger partial charge in [-0.1, -0.05) is 23.7 Å². The van der Waals surface area contributed by atoms with Gasteiger partial charge in [0.25, 0.3) is 5.56 Å². The van der Waals surface area contributed by atoms with E-state index in [0.717, 1.165) is 11.1 Å². The zero-order valence-electron chi connectivity index (χ0n) is 14.4. The molecule has 1 atom stereocenters. The van der Waals surface area contributed by atoms with Crippen LogP contribution in [-0.2, 0) is 4.74 Å². The molecule has 0 fully saturated rings. The quantitative estimate of drug-likeness (QED) is 0.874. The Morgan fingerprint density at radius 1 is 1.33 bits per heavy atom. The van der Waals surface area contributed by atoms with E-state index in [1.54, 1.807) is 20.8 Å².